The van der Waals surface area contributed by atoms with Crippen LogP contribution in [-0.2, 0) is 4.74 Å². The molecule has 1 aliphatic rings. The summed E-state index contributed by atoms with van der Waals surface area (Å²) in [7, 11) is 0. The van der Waals surface area contributed by atoms with Crippen molar-refractivity contribution >= 4 is 17.3 Å². The molecule has 20 heavy (non-hydrogen) atoms. The third-order valence-corrected chi connectivity index (χ3v) is 3.13. The van der Waals surface area contributed by atoms with Gasteiger partial charge in [0, 0.05) is 13.1 Å². The molecule has 0 aromatic heterocycles. The molecule has 8 nitrogen and oxygen atoms in total. The first-order chi connectivity index (χ1) is 9.54. The Morgan fingerprint density at radius 3 is 2.95 bits per heavy atom. The van der Waals surface area contributed by atoms with Crippen LogP contribution >= 0.6 is 0 Å². The van der Waals surface area contributed by atoms with Crippen LogP contribution in [0, 0.1) is 10.1 Å². The van der Waals surface area contributed by atoms with Crippen LogP contribution in [-0.4, -0.2) is 41.5 Å². The van der Waals surface area contributed by atoms with Crippen LogP contribution in [0.15, 0.2) is 18.2 Å². The third-order valence-electron chi connectivity index (χ3n) is 3.13. The van der Waals surface area contributed by atoms with Gasteiger partial charge in [0.1, 0.15) is 11.3 Å². The highest BCUT2D eigenvalue weighted by Gasteiger charge is 2.29. The van der Waals surface area contributed by atoms with Crippen molar-refractivity contribution in [3.05, 3.63) is 33.9 Å². The summed E-state index contributed by atoms with van der Waals surface area (Å²) in [6.07, 6.45) is -0.0810. The van der Waals surface area contributed by atoms with Crippen molar-refractivity contribution in [1.82, 2.24) is 4.90 Å². The molecule has 3 N–H and O–H groups in total. The van der Waals surface area contributed by atoms with Crippen molar-refractivity contribution in [1.29, 1.82) is 0 Å². The number of nitrogens with one attached hydrogen (secondary N) is 1. The van der Waals surface area contributed by atoms with Gasteiger partial charge < -0.3 is 15.1 Å². The highest BCUT2D eigenvalue weighted by molar-refractivity contribution is 6.00. The summed E-state index contributed by atoms with van der Waals surface area (Å²) in [5, 5.41) is 11.2. The summed E-state index contributed by atoms with van der Waals surface area (Å²) in [5.41, 5.74) is 2.08. The van der Waals surface area contributed by atoms with Gasteiger partial charge in [-0.25, -0.2) is 0 Å². The molecular weight excluding hydrogens is 264 g/mol. The number of hydrazine groups is 1. The minimum absolute atomic E-state index is 0.0274. The van der Waals surface area contributed by atoms with Crippen molar-refractivity contribution in [3.8, 4) is 0 Å². The molecule has 1 saturated heterocycles. The van der Waals surface area contributed by atoms with E-state index in [2.05, 4.69) is 5.43 Å². The second-order valence-corrected chi connectivity index (χ2v) is 4.54. The van der Waals surface area contributed by atoms with Gasteiger partial charge in [-0.15, -0.1) is 0 Å². The number of nitro benzene ring substituents is 1. The maximum absolute atomic E-state index is 12.4. The van der Waals surface area contributed by atoms with Gasteiger partial charge in [-0.3, -0.25) is 20.8 Å². The molecule has 8 heteroatoms. The van der Waals surface area contributed by atoms with Gasteiger partial charge >= 0.3 is 5.69 Å². The average Bonchev–Trinajstić information content (AvgIpc) is 2.45. The molecule has 1 aromatic carbocycles. The van der Waals surface area contributed by atoms with Crippen LogP contribution in [0.3, 0.4) is 0 Å². The number of hydrogen-bond donors (Lipinski definition) is 2. The topological polar surface area (TPSA) is 111 Å². The number of morpholine rings is 1. The molecule has 0 aliphatic carbocycles. The Hall–Kier alpha value is -2.19. The van der Waals surface area contributed by atoms with Crippen LogP contribution in [0.4, 0.5) is 11.4 Å². The van der Waals surface area contributed by atoms with E-state index in [0.29, 0.717) is 19.7 Å². The number of nitrogens with zero attached hydrogens (tertiary/aromatic N) is 2. The Morgan fingerprint density at radius 2 is 2.35 bits per heavy atom. The molecule has 108 valence electrons. The minimum atomic E-state index is -0.605. The van der Waals surface area contributed by atoms with Crippen LogP contribution in [0.5, 0.6) is 0 Å². The number of carbonyl (C=O) groups is 1. The predicted molar refractivity (Wildman–Crippen MR) is 72.2 cm³/mol. The molecule has 0 bridgehead atoms. The highest BCUT2D eigenvalue weighted by Crippen LogP contribution is 2.29. The van der Waals surface area contributed by atoms with E-state index < -0.39 is 4.92 Å². The maximum atomic E-state index is 12.4. The van der Waals surface area contributed by atoms with Gasteiger partial charge in [0.15, 0.2) is 0 Å². The van der Waals surface area contributed by atoms with Crippen molar-refractivity contribution in [2.24, 2.45) is 5.84 Å². The van der Waals surface area contributed by atoms with Gasteiger partial charge in [0.25, 0.3) is 5.91 Å². The number of nitro groups is 1. The largest absolute Gasteiger partial charge is 0.375 e. The van der Waals surface area contributed by atoms with Gasteiger partial charge in [0.2, 0.25) is 0 Å². The number of rotatable bonds is 3. The normalized spacial score (nSPS) is 18.7. The fraction of sp³-hybridized carbons (Fsp3) is 0.417. The second-order valence-electron chi connectivity index (χ2n) is 4.54. The fourth-order valence-corrected chi connectivity index (χ4v) is 2.20. The zero-order valence-corrected chi connectivity index (χ0v) is 11.0. The zero-order chi connectivity index (χ0) is 14.7. The van der Waals surface area contributed by atoms with Gasteiger partial charge in [-0.2, -0.15) is 0 Å². The quantitative estimate of drug-likeness (QED) is 0.480. The fourth-order valence-electron chi connectivity index (χ4n) is 2.20. The summed E-state index contributed by atoms with van der Waals surface area (Å²) in [6, 6.07) is 4.44. The standard InChI is InChI=1S/C12H16N4O4/c1-8-7-15(5-6-20-8)12(17)9-3-2-4-10(14-13)11(9)16(18)19/h2-4,8,14H,5-7,13H2,1H3. The summed E-state index contributed by atoms with van der Waals surface area (Å²) in [5.74, 6) is 4.87. The number of benzene rings is 1. The molecule has 0 radical (unpaired) electrons. The number of hydrogen-bond acceptors (Lipinski definition) is 6. The van der Waals surface area contributed by atoms with E-state index in [4.69, 9.17) is 10.6 Å². The lowest BCUT2D eigenvalue weighted by atomic mass is 10.1. The predicted octanol–water partition coefficient (Wildman–Crippen LogP) is 0.741. The lowest BCUT2D eigenvalue weighted by Crippen LogP contribution is -2.44. The number of para-hydroxylation sites is 1. The number of anilines is 1. The molecule has 2 rings (SSSR count). The molecule has 1 aliphatic heterocycles. The second kappa shape index (κ2) is 5.85. The van der Waals surface area contributed by atoms with Crippen molar-refractivity contribution < 1.29 is 14.5 Å². The lowest BCUT2D eigenvalue weighted by molar-refractivity contribution is -0.384. The Labute approximate surface area is 115 Å². The summed E-state index contributed by atoms with van der Waals surface area (Å²) >= 11 is 0. The molecule has 1 amide bonds. The first kappa shape index (κ1) is 14.2. The average molecular weight is 280 g/mol. The van der Waals surface area contributed by atoms with Gasteiger partial charge in [0.05, 0.1) is 17.6 Å². The number of nitrogen functional groups attached to an aromatic ring is 1. The van der Waals surface area contributed by atoms with Crippen LogP contribution in [0.1, 0.15) is 17.3 Å². The van der Waals surface area contributed by atoms with Crippen molar-refractivity contribution in [2.45, 2.75) is 13.0 Å². The monoisotopic (exact) mass is 280 g/mol. The van der Waals surface area contributed by atoms with E-state index >= 15 is 0 Å². The van der Waals surface area contributed by atoms with E-state index in [1.54, 1.807) is 11.0 Å². The number of amides is 1. The van der Waals surface area contributed by atoms with Crippen LogP contribution < -0.4 is 11.3 Å². The highest BCUT2D eigenvalue weighted by atomic mass is 16.6. The van der Waals surface area contributed by atoms with E-state index in [0.717, 1.165) is 0 Å². The van der Waals surface area contributed by atoms with E-state index in [-0.39, 0.29) is 28.9 Å². The lowest BCUT2D eigenvalue weighted by Gasteiger charge is -2.31. The summed E-state index contributed by atoms with van der Waals surface area (Å²) < 4.78 is 5.36. The third kappa shape index (κ3) is 2.70. The first-order valence-corrected chi connectivity index (χ1v) is 6.19. The minimum Gasteiger partial charge on any atom is -0.375 e. The molecule has 1 heterocycles. The SMILES string of the molecule is CC1CN(C(=O)c2cccc(NN)c2[N+](=O)[O-])CCO1. The van der Waals surface area contributed by atoms with E-state index in [1.165, 1.54) is 12.1 Å². The molecular formula is C12H16N4O4. The molecule has 0 saturated carbocycles. The van der Waals surface area contributed by atoms with Gasteiger partial charge in [-0.05, 0) is 19.1 Å². The Kier molecular flexibility index (Phi) is 4.16. The molecule has 0 spiro atoms. The van der Waals surface area contributed by atoms with E-state index in [1.807, 2.05) is 6.92 Å². The molecule has 1 aromatic rings. The van der Waals surface area contributed by atoms with E-state index in [9.17, 15) is 14.9 Å². The zero-order valence-electron chi connectivity index (χ0n) is 11.0. The maximum Gasteiger partial charge on any atom is 0.306 e. The Bertz CT molecular complexity index is 534. The summed E-state index contributed by atoms with van der Waals surface area (Å²) in [6.45, 7) is 3.11. The Morgan fingerprint density at radius 1 is 1.60 bits per heavy atom. The number of ether oxygens (including phenoxy) is 1. The molecule has 1 atom stereocenters. The Balaban J connectivity index is 2.36. The number of carbonyl (C=O) groups excluding carboxylic acids is 1. The smallest absolute Gasteiger partial charge is 0.306 e. The number of nitrogens with two attached hydrogens (primary N) is 1. The van der Waals surface area contributed by atoms with Crippen molar-refractivity contribution in [3.63, 3.8) is 0 Å². The van der Waals surface area contributed by atoms with Gasteiger partial charge in [-0.1, -0.05) is 6.07 Å². The van der Waals surface area contributed by atoms with Crippen LogP contribution in [0.25, 0.3) is 0 Å². The summed E-state index contributed by atoms with van der Waals surface area (Å²) in [4.78, 5) is 24.6. The van der Waals surface area contributed by atoms with Crippen molar-refractivity contribution in [2.75, 3.05) is 25.1 Å². The molecule has 1 fully saturated rings. The van der Waals surface area contributed by atoms with Crippen LogP contribution in [0.2, 0.25) is 0 Å². The molecule has 1 unspecified atom stereocenters. The first-order valence-electron chi connectivity index (χ1n) is 6.19.